The Labute approximate surface area is 185 Å². The predicted molar refractivity (Wildman–Crippen MR) is 121 cm³/mol. The minimum absolute atomic E-state index is 0.270. The Hall–Kier alpha value is -2.37. The molecule has 1 N–H and O–H groups in total. The maximum Gasteiger partial charge on any atom is 0.407 e. The van der Waals surface area contributed by atoms with Crippen LogP contribution in [0.4, 0.5) is 9.18 Å². The van der Waals surface area contributed by atoms with Crippen LogP contribution in [0.5, 0.6) is 0 Å². The molecule has 0 aliphatic carbocycles. The average molecular weight is 449 g/mol. The van der Waals surface area contributed by atoms with Crippen LogP contribution < -0.4 is 0 Å². The largest absolute Gasteiger partial charge is 0.465 e. The highest BCUT2D eigenvalue weighted by Crippen LogP contribution is 2.20. The summed E-state index contributed by atoms with van der Waals surface area (Å²) < 4.78 is 20.0. The first-order valence-electron chi connectivity index (χ1n) is 10.6. The van der Waals surface area contributed by atoms with E-state index in [1.165, 1.54) is 11.0 Å². The number of esters is 1. The Bertz CT molecular complexity index is 863. The lowest BCUT2D eigenvalue weighted by molar-refractivity contribution is -0.150. The van der Waals surface area contributed by atoms with E-state index in [1.807, 2.05) is 6.07 Å². The SMILES string of the molecule is CC(C)(C#Cc1c(F)cccc1CN1CCN(C(=O)O)CC1)C(=O)OCC[Si](C)(C)C. The fourth-order valence-electron chi connectivity index (χ4n) is 3.08. The number of nitrogens with zero attached hydrogens (tertiary/aromatic N) is 2. The number of benzene rings is 1. The Morgan fingerprint density at radius 1 is 1.19 bits per heavy atom. The van der Waals surface area contributed by atoms with Gasteiger partial charge in [0.1, 0.15) is 11.2 Å². The van der Waals surface area contributed by atoms with Gasteiger partial charge < -0.3 is 14.7 Å². The van der Waals surface area contributed by atoms with E-state index in [4.69, 9.17) is 9.84 Å². The summed E-state index contributed by atoms with van der Waals surface area (Å²) >= 11 is 0. The Morgan fingerprint density at radius 3 is 2.42 bits per heavy atom. The third-order valence-corrected chi connectivity index (χ3v) is 6.94. The van der Waals surface area contributed by atoms with Crippen LogP contribution >= 0.6 is 0 Å². The molecule has 1 fully saturated rings. The zero-order chi connectivity index (χ0) is 23.2. The first-order chi connectivity index (χ1) is 14.4. The maximum atomic E-state index is 14.6. The van der Waals surface area contributed by atoms with Crippen LogP contribution in [0.3, 0.4) is 0 Å². The number of hydrogen-bond acceptors (Lipinski definition) is 4. The number of carbonyl (C=O) groups is 2. The summed E-state index contributed by atoms with van der Waals surface area (Å²) in [7, 11) is -1.30. The molecule has 2 rings (SSSR count). The number of piperazine rings is 1. The monoisotopic (exact) mass is 448 g/mol. The van der Waals surface area contributed by atoms with E-state index in [2.05, 4.69) is 36.4 Å². The summed E-state index contributed by atoms with van der Waals surface area (Å²) in [5.41, 5.74) is -0.0585. The Morgan fingerprint density at radius 2 is 1.84 bits per heavy atom. The number of halogens is 1. The van der Waals surface area contributed by atoms with E-state index in [-0.39, 0.29) is 5.56 Å². The van der Waals surface area contributed by atoms with Crippen molar-refractivity contribution in [3.05, 3.63) is 35.1 Å². The fraction of sp³-hybridized carbons (Fsp3) is 0.565. The van der Waals surface area contributed by atoms with Crippen LogP contribution in [-0.2, 0) is 16.1 Å². The fourth-order valence-corrected chi connectivity index (χ4v) is 3.79. The molecule has 0 spiro atoms. The van der Waals surface area contributed by atoms with Crippen LogP contribution in [0.2, 0.25) is 25.7 Å². The van der Waals surface area contributed by atoms with E-state index in [0.29, 0.717) is 39.3 Å². The quantitative estimate of drug-likeness (QED) is 0.406. The van der Waals surface area contributed by atoms with Crippen molar-refractivity contribution in [1.82, 2.24) is 9.80 Å². The molecule has 0 saturated carbocycles. The minimum atomic E-state index is -1.30. The van der Waals surface area contributed by atoms with Gasteiger partial charge in [-0.1, -0.05) is 43.6 Å². The van der Waals surface area contributed by atoms with Gasteiger partial charge in [-0.2, -0.15) is 0 Å². The van der Waals surface area contributed by atoms with E-state index in [9.17, 15) is 14.0 Å². The standard InChI is InChI=1S/C23H33FN2O4Si/c1-23(2,21(27)30-15-16-31(3,4)5)10-9-19-18(7-6-8-20(19)24)17-25-11-13-26(14-12-25)22(28)29/h6-8H,11-17H2,1-5H3,(H,28,29). The van der Waals surface area contributed by atoms with Gasteiger partial charge in [0.2, 0.25) is 0 Å². The molecule has 170 valence electrons. The first kappa shape index (κ1) is 24.9. The van der Waals surface area contributed by atoms with Gasteiger partial charge in [-0.25, -0.2) is 9.18 Å². The molecule has 1 saturated heterocycles. The molecule has 1 amide bonds. The van der Waals surface area contributed by atoms with Crippen LogP contribution in [-0.4, -0.2) is 67.8 Å². The third-order valence-electron chi connectivity index (χ3n) is 5.23. The molecule has 1 heterocycles. The molecular weight excluding hydrogens is 415 g/mol. The van der Waals surface area contributed by atoms with Crippen molar-refractivity contribution in [2.45, 2.75) is 46.1 Å². The maximum absolute atomic E-state index is 14.6. The van der Waals surface area contributed by atoms with Gasteiger partial charge in [0, 0.05) is 40.8 Å². The summed E-state index contributed by atoms with van der Waals surface area (Å²) in [6.07, 6.45) is -0.920. The molecule has 0 radical (unpaired) electrons. The van der Waals surface area contributed by atoms with Crippen molar-refractivity contribution < 1.29 is 23.8 Å². The zero-order valence-electron chi connectivity index (χ0n) is 19.1. The van der Waals surface area contributed by atoms with Gasteiger partial charge in [0.15, 0.2) is 0 Å². The molecule has 0 aromatic heterocycles. The summed E-state index contributed by atoms with van der Waals surface area (Å²) in [6.45, 7) is 12.8. The Balaban J connectivity index is 2.09. The van der Waals surface area contributed by atoms with Gasteiger partial charge in [0.25, 0.3) is 0 Å². The van der Waals surface area contributed by atoms with Gasteiger partial charge >= 0.3 is 12.1 Å². The van der Waals surface area contributed by atoms with Gasteiger partial charge in [-0.05, 0) is 31.5 Å². The van der Waals surface area contributed by atoms with E-state index >= 15 is 0 Å². The molecule has 0 unspecified atom stereocenters. The summed E-state index contributed by atoms with van der Waals surface area (Å²) in [5, 5.41) is 9.08. The topological polar surface area (TPSA) is 70.1 Å². The van der Waals surface area contributed by atoms with Crippen LogP contribution in [0.1, 0.15) is 25.0 Å². The predicted octanol–water partition coefficient (Wildman–Crippen LogP) is 3.88. The number of ether oxygens (including phenoxy) is 1. The lowest BCUT2D eigenvalue weighted by atomic mass is 9.93. The number of amides is 1. The van der Waals surface area contributed by atoms with Crippen LogP contribution in [0.15, 0.2) is 18.2 Å². The molecule has 1 aliphatic heterocycles. The van der Waals surface area contributed by atoms with Crippen LogP contribution in [0, 0.1) is 23.1 Å². The number of rotatable bonds is 6. The summed E-state index contributed by atoms with van der Waals surface area (Å²) in [4.78, 5) is 27.0. The second-order valence-corrected chi connectivity index (χ2v) is 15.3. The van der Waals surface area contributed by atoms with Gasteiger partial charge in [0.05, 0.1) is 12.2 Å². The van der Waals surface area contributed by atoms with E-state index in [1.54, 1.807) is 19.9 Å². The molecule has 6 nitrogen and oxygen atoms in total. The molecule has 0 atom stereocenters. The number of carbonyl (C=O) groups excluding carboxylic acids is 1. The highest BCUT2D eigenvalue weighted by Gasteiger charge is 2.28. The zero-order valence-corrected chi connectivity index (χ0v) is 20.1. The molecule has 0 bridgehead atoms. The average Bonchev–Trinajstić information content (AvgIpc) is 2.67. The third kappa shape index (κ3) is 7.67. The summed E-state index contributed by atoms with van der Waals surface area (Å²) in [5.74, 6) is 4.95. The highest BCUT2D eigenvalue weighted by molar-refractivity contribution is 6.76. The number of hydrogen-bond donors (Lipinski definition) is 1. The second kappa shape index (κ2) is 10.3. The molecule has 1 aromatic carbocycles. The molecule has 31 heavy (non-hydrogen) atoms. The highest BCUT2D eigenvalue weighted by atomic mass is 28.3. The van der Waals surface area contributed by atoms with Crippen molar-refractivity contribution >= 4 is 20.1 Å². The van der Waals surface area contributed by atoms with Crippen molar-refractivity contribution in [2.75, 3.05) is 32.8 Å². The number of carboxylic acid groups (broad SMARTS) is 1. The first-order valence-corrected chi connectivity index (χ1v) is 14.3. The lowest BCUT2D eigenvalue weighted by Gasteiger charge is -2.33. The van der Waals surface area contributed by atoms with E-state index in [0.717, 1.165) is 11.6 Å². The molecule has 1 aromatic rings. The normalized spacial score (nSPS) is 15.2. The smallest absolute Gasteiger partial charge is 0.407 e. The second-order valence-electron chi connectivity index (χ2n) is 9.64. The van der Waals surface area contributed by atoms with E-state index < -0.39 is 31.4 Å². The van der Waals surface area contributed by atoms with Crippen molar-refractivity contribution in [3.8, 4) is 11.8 Å². The van der Waals surface area contributed by atoms with Gasteiger partial charge in [-0.3, -0.25) is 9.69 Å². The van der Waals surface area contributed by atoms with Crippen molar-refractivity contribution in [1.29, 1.82) is 0 Å². The van der Waals surface area contributed by atoms with Crippen molar-refractivity contribution in [2.24, 2.45) is 5.41 Å². The minimum Gasteiger partial charge on any atom is -0.465 e. The Kier molecular flexibility index (Phi) is 8.26. The molecular formula is C23H33FN2O4Si. The van der Waals surface area contributed by atoms with Crippen molar-refractivity contribution in [3.63, 3.8) is 0 Å². The van der Waals surface area contributed by atoms with Gasteiger partial charge in [-0.15, -0.1) is 0 Å². The molecule has 1 aliphatic rings. The summed E-state index contributed by atoms with van der Waals surface area (Å²) in [6, 6.07) is 5.69. The molecule has 8 heteroatoms. The lowest BCUT2D eigenvalue weighted by Crippen LogP contribution is -2.47. The van der Waals surface area contributed by atoms with Crippen LogP contribution in [0.25, 0.3) is 0 Å².